The first kappa shape index (κ1) is 21.7. The summed E-state index contributed by atoms with van der Waals surface area (Å²) in [5.41, 5.74) is 1.26. The number of para-hydroxylation sites is 2. The highest BCUT2D eigenvalue weighted by Gasteiger charge is 2.36. The third-order valence-corrected chi connectivity index (χ3v) is 5.36. The SMILES string of the molecule is COC(=O)c1ccc2nc(C(F)(F)F)nc(N3CCN(c4ccccc4OC)CC3)c2c1. The summed E-state index contributed by atoms with van der Waals surface area (Å²) in [7, 11) is 2.84. The fraction of sp³-hybridized carbons (Fsp3) is 0.318. The standard InChI is InChI=1S/C22H21F3N4O3/c1-31-18-6-4-3-5-17(18)28-9-11-29(12-10-28)19-15-13-14(20(30)32-2)7-8-16(15)26-21(27-19)22(23,24)25/h3-8,13H,9-12H2,1-2H3. The van der Waals surface area contributed by atoms with Crippen LogP contribution < -0.4 is 14.5 Å². The van der Waals surface area contributed by atoms with Crippen molar-refractivity contribution in [1.29, 1.82) is 0 Å². The van der Waals surface area contributed by atoms with Gasteiger partial charge < -0.3 is 19.3 Å². The number of hydrogen-bond donors (Lipinski definition) is 0. The maximum Gasteiger partial charge on any atom is 0.451 e. The van der Waals surface area contributed by atoms with Crippen molar-refractivity contribution in [3.8, 4) is 5.75 Å². The lowest BCUT2D eigenvalue weighted by Crippen LogP contribution is -2.47. The number of anilines is 2. The Bertz CT molecular complexity index is 1140. The summed E-state index contributed by atoms with van der Waals surface area (Å²) >= 11 is 0. The van der Waals surface area contributed by atoms with E-state index in [2.05, 4.69) is 14.9 Å². The van der Waals surface area contributed by atoms with E-state index in [0.717, 1.165) is 11.4 Å². The maximum atomic E-state index is 13.5. The number of carbonyl (C=O) groups is 1. The van der Waals surface area contributed by atoms with Gasteiger partial charge in [0.25, 0.3) is 0 Å². The Morgan fingerprint density at radius 2 is 1.66 bits per heavy atom. The Hall–Kier alpha value is -3.56. The van der Waals surface area contributed by atoms with Gasteiger partial charge in [0, 0.05) is 31.6 Å². The van der Waals surface area contributed by atoms with Crippen molar-refractivity contribution >= 4 is 28.4 Å². The van der Waals surface area contributed by atoms with Crippen molar-refractivity contribution in [2.45, 2.75) is 6.18 Å². The van der Waals surface area contributed by atoms with Gasteiger partial charge in [-0.2, -0.15) is 13.2 Å². The van der Waals surface area contributed by atoms with Gasteiger partial charge >= 0.3 is 12.1 Å². The largest absolute Gasteiger partial charge is 0.495 e. The molecule has 7 nitrogen and oxygen atoms in total. The number of benzene rings is 2. The predicted octanol–water partition coefficient (Wildman–Crippen LogP) is 3.77. The molecule has 10 heteroatoms. The predicted molar refractivity (Wildman–Crippen MR) is 113 cm³/mol. The molecule has 1 fully saturated rings. The fourth-order valence-electron chi connectivity index (χ4n) is 3.78. The van der Waals surface area contributed by atoms with Crippen LogP contribution in [0, 0.1) is 0 Å². The van der Waals surface area contributed by atoms with Crippen molar-refractivity contribution in [3.05, 3.63) is 53.9 Å². The highest BCUT2D eigenvalue weighted by Crippen LogP contribution is 2.34. The minimum Gasteiger partial charge on any atom is -0.495 e. The van der Waals surface area contributed by atoms with E-state index in [1.807, 2.05) is 24.3 Å². The molecule has 0 amide bonds. The van der Waals surface area contributed by atoms with Crippen LogP contribution in [0.15, 0.2) is 42.5 Å². The van der Waals surface area contributed by atoms with Gasteiger partial charge in [0.2, 0.25) is 5.82 Å². The van der Waals surface area contributed by atoms with E-state index in [1.54, 1.807) is 12.0 Å². The molecule has 0 saturated carbocycles. The zero-order valence-electron chi connectivity index (χ0n) is 17.5. The first-order valence-electron chi connectivity index (χ1n) is 9.92. The molecule has 0 spiro atoms. The summed E-state index contributed by atoms with van der Waals surface area (Å²) in [4.78, 5) is 23.4. The third kappa shape index (κ3) is 4.12. The van der Waals surface area contributed by atoms with Crippen LogP contribution in [0.25, 0.3) is 10.9 Å². The smallest absolute Gasteiger partial charge is 0.451 e. The van der Waals surface area contributed by atoms with Crippen LogP contribution >= 0.6 is 0 Å². The van der Waals surface area contributed by atoms with Gasteiger partial charge in [-0.25, -0.2) is 14.8 Å². The van der Waals surface area contributed by atoms with Gasteiger partial charge in [-0.1, -0.05) is 12.1 Å². The van der Waals surface area contributed by atoms with Crippen molar-refractivity contribution in [2.75, 3.05) is 50.2 Å². The lowest BCUT2D eigenvalue weighted by molar-refractivity contribution is -0.144. The number of aromatic nitrogens is 2. The molecule has 1 saturated heterocycles. The Morgan fingerprint density at radius 1 is 0.969 bits per heavy atom. The minimum absolute atomic E-state index is 0.113. The lowest BCUT2D eigenvalue weighted by atomic mass is 10.1. The topological polar surface area (TPSA) is 67.8 Å². The van der Waals surface area contributed by atoms with E-state index in [1.165, 1.54) is 25.3 Å². The fourth-order valence-corrected chi connectivity index (χ4v) is 3.78. The van der Waals surface area contributed by atoms with Crippen LogP contribution in [0.2, 0.25) is 0 Å². The average molecular weight is 446 g/mol. The van der Waals surface area contributed by atoms with Crippen LogP contribution in [-0.4, -0.2) is 56.3 Å². The van der Waals surface area contributed by atoms with E-state index >= 15 is 0 Å². The number of carbonyl (C=O) groups excluding carboxylic acids is 1. The molecule has 2 heterocycles. The van der Waals surface area contributed by atoms with Crippen LogP contribution in [0.4, 0.5) is 24.7 Å². The first-order valence-corrected chi connectivity index (χ1v) is 9.92. The zero-order chi connectivity index (χ0) is 22.9. The Labute approximate surface area is 182 Å². The highest BCUT2D eigenvalue weighted by atomic mass is 19.4. The molecule has 0 aliphatic carbocycles. The van der Waals surface area contributed by atoms with Gasteiger partial charge in [-0.3, -0.25) is 0 Å². The van der Waals surface area contributed by atoms with Gasteiger partial charge in [0.05, 0.1) is 31.0 Å². The summed E-state index contributed by atoms with van der Waals surface area (Å²) in [6, 6.07) is 11.8. The highest BCUT2D eigenvalue weighted by molar-refractivity contribution is 5.98. The van der Waals surface area contributed by atoms with Crippen molar-refractivity contribution in [1.82, 2.24) is 9.97 Å². The molecule has 1 aliphatic rings. The van der Waals surface area contributed by atoms with Crippen LogP contribution in [0.5, 0.6) is 5.75 Å². The monoisotopic (exact) mass is 446 g/mol. The number of fused-ring (bicyclic) bond motifs is 1. The summed E-state index contributed by atoms with van der Waals surface area (Å²) in [6.07, 6.45) is -4.69. The minimum atomic E-state index is -4.69. The number of alkyl halides is 3. The molecular formula is C22H21F3N4O3. The summed E-state index contributed by atoms with van der Waals surface area (Å²) in [5.74, 6) is -0.917. The number of halogens is 3. The summed E-state index contributed by atoms with van der Waals surface area (Å²) in [5, 5.41) is 0.367. The van der Waals surface area contributed by atoms with Crippen LogP contribution in [-0.2, 0) is 10.9 Å². The normalized spacial score (nSPS) is 14.5. The number of esters is 1. The van der Waals surface area contributed by atoms with E-state index in [9.17, 15) is 18.0 Å². The van der Waals surface area contributed by atoms with E-state index in [4.69, 9.17) is 9.47 Å². The van der Waals surface area contributed by atoms with Crippen LogP contribution in [0.1, 0.15) is 16.2 Å². The molecule has 0 unspecified atom stereocenters. The number of rotatable bonds is 4. The Balaban J connectivity index is 1.70. The molecule has 2 aromatic carbocycles. The molecular weight excluding hydrogens is 425 g/mol. The Kier molecular flexibility index (Phi) is 5.77. The second-order valence-corrected chi connectivity index (χ2v) is 7.24. The second-order valence-electron chi connectivity index (χ2n) is 7.24. The van der Waals surface area contributed by atoms with Crippen LogP contribution in [0.3, 0.4) is 0 Å². The van der Waals surface area contributed by atoms with Gasteiger partial charge in [-0.15, -0.1) is 0 Å². The number of methoxy groups -OCH3 is 2. The zero-order valence-corrected chi connectivity index (χ0v) is 17.5. The number of hydrogen-bond acceptors (Lipinski definition) is 7. The van der Waals surface area contributed by atoms with E-state index < -0.39 is 18.0 Å². The molecule has 0 bridgehead atoms. The second kappa shape index (κ2) is 8.52. The molecule has 4 rings (SSSR count). The average Bonchev–Trinajstić information content (AvgIpc) is 2.82. The summed E-state index contributed by atoms with van der Waals surface area (Å²) in [6.45, 7) is 1.99. The van der Waals surface area contributed by atoms with E-state index in [0.29, 0.717) is 31.6 Å². The number of piperazine rings is 1. The number of ether oxygens (including phenoxy) is 2. The van der Waals surface area contributed by atoms with Gasteiger partial charge in [-0.05, 0) is 30.3 Å². The molecule has 0 N–H and O–H groups in total. The van der Waals surface area contributed by atoms with Gasteiger partial charge in [0.15, 0.2) is 0 Å². The molecule has 1 aliphatic heterocycles. The quantitative estimate of drug-likeness (QED) is 0.565. The Morgan fingerprint density at radius 3 is 2.31 bits per heavy atom. The third-order valence-electron chi connectivity index (χ3n) is 5.36. The lowest BCUT2D eigenvalue weighted by Gasteiger charge is -2.37. The van der Waals surface area contributed by atoms with Crippen molar-refractivity contribution < 1.29 is 27.4 Å². The molecule has 0 atom stereocenters. The molecule has 32 heavy (non-hydrogen) atoms. The maximum absolute atomic E-state index is 13.5. The molecule has 1 aromatic heterocycles. The number of nitrogens with zero attached hydrogens (tertiary/aromatic N) is 4. The van der Waals surface area contributed by atoms with Gasteiger partial charge in [0.1, 0.15) is 11.6 Å². The van der Waals surface area contributed by atoms with E-state index in [-0.39, 0.29) is 16.9 Å². The first-order chi connectivity index (χ1) is 15.3. The molecule has 3 aromatic rings. The molecule has 0 radical (unpaired) electrons. The van der Waals surface area contributed by atoms with Crippen molar-refractivity contribution in [3.63, 3.8) is 0 Å². The summed E-state index contributed by atoms with van der Waals surface area (Å²) < 4.78 is 50.5. The van der Waals surface area contributed by atoms with Crippen molar-refractivity contribution in [2.24, 2.45) is 0 Å². The molecule has 168 valence electrons.